The van der Waals surface area contributed by atoms with Crippen LogP contribution < -0.4 is 14.8 Å². The summed E-state index contributed by atoms with van der Waals surface area (Å²) < 4.78 is 11.0. The van der Waals surface area contributed by atoms with Gasteiger partial charge in [-0.2, -0.15) is 0 Å². The van der Waals surface area contributed by atoms with Crippen LogP contribution in [0, 0.1) is 0 Å². The van der Waals surface area contributed by atoms with Gasteiger partial charge in [-0.3, -0.25) is 0 Å². The lowest BCUT2D eigenvalue weighted by atomic mass is 10.2. The smallest absolute Gasteiger partial charge is 0.163 e. The second-order valence-corrected chi connectivity index (χ2v) is 5.20. The van der Waals surface area contributed by atoms with Crippen LogP contribution in [0.3, 0.4) is 0 Å². The predicted molar refractivity (Wildman–Crippen MR) is 80.4 cm³/mol. The Labute approximate surface area is 121 Å². The zero-order valence-electron chi connectivity index (χ0n) is 12.3. The third-order valence-corrected chi connectivity index (χ3v) is 3.07. The molecular weight excluding hydrogens is 262 g/mol. The molecule has 0 unspecified atom stereocenters. The highest BCUT2D eigenvalue weighted by atomic mass is 35.5. The number of benzene rings is 1. The Balaban J connectivity index is 2.77. The molecule has 1 rings (SSSR count). The van der Waals surface area contributed by atoms with Crippen LogP contribution in [0.1, 0.15) is 39.2 Å². The summed E-state index contributed by atoms with van der Waals surface area (Å²) in [6.07, 6.45) is 2.45. The molecule has 108 valence electrons. The quantitative estimate of drug-likeness (QED) is 0.732. The highest BCUT2D eigenvalue weighted by Gasteiger charge is 2.11. The van der Waals surface area contributed by atoms with Gasteiger partial charge in [0.1, 0.15) is 0 Å². The molecule has 0 bridgehead atoms. The van der Waals surface area contributed by atoms with Crippen molar-refractivity contribution in [1.82, 2.24) is 5.32 Å². The summed E-state index contributed by atoms with van der Waals surface area (Å²) in [5, 5.41) is 4.08. The van der Waals surface area contributed by atoms with Gasteiger partial charge in [-0.25, -0.2) is 0 Å². The minimum absolute atomic E-state index is 0.0958. The Morgan fingerprint density at radius 3 is 2.58 bits per heavy atom. The van der Waals surface area contributed by atoms with E-state index < -0.39 is 0 Å². The Morgan fingerprint density at radius 2 is 2.00 bits per heavy atom. The van der Waals surface area contributed by atoms with Crippen molar-refractivity contribution in [3.8, 4) is 11.5 Å². The maximum atomic E-state index is 6.28. The lowest BCUT2D eigenvalue weighted by Crippen LogP contribution is -2.15. The second kappa shape index (κ2) is 8.28. The maximum absolute atomic E-state index is 6.28. The minimum Gasteiger partial charge on any atom is -0.493 e. The van der Waals surface area contributed by atoms with Gasteiger partial charge >= 0.3 is 0 Å². The minimum atomic E-state index is 0.0958. The Kier molecular flexibility index (Phi) is 7.03. The number of ether oxygens (including phenoxy) is 2. The van der Waals surface area contributed by atoms with Crippen LogP contribution >= 0.6 is 11.6 Å². The lowest BCUT2D eigenvalue weighted by Gasteiger charge is -2.16. The highest BCUT2D eigenvalue weighted by molar-refractivity contribution is 6.31. The van der Waals surface area contributed by atoms with Gasteiger partial charge in [-0.1, -0.05) is 24.9 Å². The summed E-state index contributed by atoms with van der Waals surface area (Å²) in [6, 6.07) is 3.77. The summed E-state index contributed by atoms with van der Waals surface area (Å²) in [5.41, 5.74) is 1.03. The molecule has 0 saturated heterocycles. The summed E-state index contributed by atoms with van der Waals surface area (Å²) in [7, 11) is 1.64. The molecule has 0 aliphatic heterocycles. The zero-order valence-corrected chi connectivity index (χ0v) is 13.0. The monoisotopic (exact) mass is 285 g/mol. The van der Waals surface area contributed by atoms with Crippen molar-refractivity contribution in [1.29, 1.82) is 0 Å². The van der Waals surface area contributed by atoms with Crippen LogP contribution in [0.2, 0.25) is 5.02 Å². The average molecular weight is 286 g/mol. The fourth-order valence-electron chi connectivity index (χ4n) is 1.74. The first-order valence-electron chi connectivity index (χ1n) is 6.82. The molecule has 1 aromatic rings. The molecule has 3 nitrogen and oxygen atoms in total. The molecule has 0 aliphatic carbocycles. The van der Waals surface area contributed by atoms with Gasteiger partial charge in [-0.05, 0) is 38.4 Å². The van der Waals surface area contributed by atoms with Crippen molar-refractivity contribution < 1.29 is 9.47 Å². The fraction of sp³-hybridized carbons (Fsp3) is 0.600. The van der Waals surface area contributed by atoms with Gasteiger partial charge < -0.3 is 14.8 Å². The lowest BCUT2D eigenvalue weighted by molar-refractivity contribution is 0.230. The van der Waals surface area contributed by atoms with Crippen LogP contribution in [0.4, 0.5) is 0 Å². The van der Waals surface area contributed by atoms with E-state index in [1.54, 1.807) is 7.11 Å². The van der Waals surface area contributed by atoms with Gasteiger partial charge in [0.05, 0.1) is 13.2 Å². The van der Waals surface area contributed by atoms with Gasteiger partial charge in [0.15, 0.2) is 11.5 Å². The van der Waals surface area contributed by atoms with Crippen LogP contribution in [0.25, 0.3) is 0 Å². The topological polar surface area (TPSA) is 30.5 Å². The third-order valence-electron chi connectivity index (χ3n) is 2.72. The summed E-state index contributed by atoms with van der Waals surface area (Å²) >= 11 is 6.28. The van der Waals surface area contributed by atoms with E-state index in [1.165, 1.54) is 12.8 Å². The first-order valence-corrected chi connectivity index (χ1v) is 7.20. The van der Waals surface area contributed by atoms with Gasteiger partial charge in [0, 0.05) is 17.6 Å². The highest BCUT2D eigenvalue weighted by Crippen LogP contribution is 2.33. The van der Waals surface area contributed by atoms with E-state index in [2.05, 4.69) is 12.2 Å². The molecule has 0 aromatic heterocycles. The number of hydrogen-bond acceptors (Lipinski definition) is 3. The molecule has 0 atom stereocenters. The van der Waals surface area contributed by atoms with Crippen molar-refractivity contribution in [2.75, 3.05) is 13.7 Å². The molecule has 0 spiro atoms. The van der Waals surface area contributed by atoms with Crippen LogP contribution in [0.15, 0.2) is 12.1 Å². The van der Waals surface area contributed by atoms with Crippen molar-refractivity contribution in [3.05, 3.63) is 22.7 Å². The molecular formula is C15H24ClNO2. The number of halogens is 1. The van der Waals surface area contributed by atoms with E-state index in [9.17, 15) is 0 Å². The molecule has 0 aliphatic rings. The van der Waals surface area contributed by atoms with E-state index in [-0.39, 0.29) is 6.10 Å². The molecule has 1 N–H and O–H groups in total. The van der Waals surface area contributed by atoms with Crippen LogP contribution in [-0.2, 0) is 6.54 Å². The SMILES string of the molecule is CCCCNCc1cc(OC)c(OC(C)C)cc1Cl. The van der Waals surface area contributed by atoms with E-state index in [0.29, 0.717) is 10.8 Å². The number of methoxy groups -OCH3 is 1. The van der Waals surface area contributed by atoms with Gasteiger partial charge in [0.25, 0.3) is 0 Å². The largest absolute Gasteiger partial charge is 0.493 e. The summed E-state index contributed by atoms with van der Waals surface area (Å²) in [5.74, 6) is 1.42. The van der Waals surface area contributed by atoms with Crippen molar-refractivity contribution in [2.45, 2.75) is 46.3 Å². The molecule has 0 amide bonds. The molecule has 0 radical (unpaired) electrons. The van der Waals surface area contributed by atoms with Crippen molar-refractivity contribution in [2.24, 2.45) is 0 Å². The van der Waals surface area contributed by atoms with E-state index in [1.807, 2.05) is 26.0 Å². The Bertz CT molecular complexity index is 394. The molecule has 0 fully saturated rings. The first-order chi connectivity index (χ1) is 9.08. The standard InChI is InChI=1S/C15H24ClNO2/c1-5-6-7-17-10-12-8-14(18-4)15(9-13(12)16)19-11(2)3/h8-9,11,17H,5-7,10H2,1-4H3. The summed E-state index contributed by atoms with van der Waals surface area (Å²) in [4.78, 5) is 0. The van der Waals surface area contributed by atoms with Gasteiger partial charge in [0.2, 0.25) is 0 Å². The third kappa shape index (κ3) is 5.29. The Morgan fingerprint density at radius 1 is 1.26 bits per heavy atom. The summed E-state index contributed by atoms with van der Waals surface area (Å²) in [6.45, 7) is 7.88. The van der Waals surface area contributed by atoms with E-state index >= 15 is 0 Å². The molecule has 4 heteroatoms. The average Bonchev–Trinajstić information content (AvgIpc) is 2.36. The number of rotatable bonds is 8. The molecule has 0 saturated carbocycles. The fourth-order valence-corrected chi connectivity index (χ4v) is 1.96. The van der Waals surface area contributed by atoms with Gasteiger partial charge in [-0.15, -0.1) is 0 Å². The molecule has 19 heavy (non-hydrogen) atoms. The van der Waals surface area contributed by atoms with E-state index in [4.69, 9.17) is 21.1 Å². The van der Waals surface area contributed by atoms with Crippen molar-refractivity contribution >= 4 is 11.6 Å². The maximum Gasteiger partial charge on any atom is 0.163 e. The Hall–Kier alpha value is -0.930. The normalized spacial score (nSPS) is 10.8. The number of nitrogens with one attached hydrogen (secondary N) is 1. The van der Waals surface area contributed by atoms with Crippen LogP contribution in [-0.4, -0.2) is 19.8 Å². The van der Waals surface area contributed by atoms with E-state index in [0.717, 1.165) is 24.4 Å². The molecule has 1 aromatic carbocycles. The van der Waals surface area contributed by atoms with Crippen LogP contribution in [0.5, 0.6) is 11.5 Å². The van der Waals surface area contributed by atoms with Crippen molar-refractivity contribution in [3.63, 3.8) is 0 Å². The number of unbranched alkanes of at least 4 members (excludes halogenated alkanes) is 1. The second-order valence-electron chi connectivity index (χ2n) is 4.79. The molecule has 0 heterocycles. The predicted octanol–water partition coefficient (Wildman–Crippen LogP) is 4.03. The number of hydrogen-bond donors (Lipinski definition) is 1. The first kappa shape index (κ1) is 16.1. The zero-order chi connectivity index (χ0) is 14.3.